The number of hydrogen-bond donors (Lipinski definition) is 1. The number of halogens is 1. The lowest BCUT2D eigenvalue weighted by Crippen LogP contribution is -2.12. The van der Waals surface area contributed by atoms with Crippen LogP contribution >= 0.6 is 11.8 Å². The monoisotopic (exact) mass is 290 g/mol. The minimum Gasteiger partial charge on any atom is -0.481 e. The van der Waals surface area contributed by atoms with Gasteiger partial charge < -0.3 is 5.11 Å². The van der Waals surface area contributed by atoms with E-state index < -0.39 is 11.9 Å². The van der Waals surface area contributed by atoms with Crippen molar-refractivity contribution in [2.24, 2.45) is 0 Å². The fraction of sp³-hybridized carbons (Fsp3) is 0.188. The van der Waals surface area contributed by atoms with Gasteiger partial charge in [-0.15, -0.1) is 11.8 Å². The summed E-state index contributed by atoms with van der Waals surface area (Å²) in [5.74, 6) is -1.10. The van der Waals surface area contributed by atoms with Crippen LogP contribution in [-0.2, 0) is 4.79 Å². The van der Waals surface area contributed by atoms with Crippen LogP contribution in [0, 0.1) is 5.82 Å². The molecule has 1 N–H and O–H groups in total. The Bertz CT molecular complexity index is 554. The van der Waals surface area contributed by atoms with Gasteiger partial charge >= 0.3 is 5.97 Å². The van der Waals surface area contributed by atoms with E-state index in [-0.39, 0.29) is 5.82 Å². The highest BCUT2D eigenvalue weighted by atomic mass is 32.2. The average Bonchev–Trinajstić information content (AvgIpc) is 2.46. The standard InChI is InChI=1S/C16H15FO2S/c17-13-8-6-12(7-9-13)15(16(18)19)10-11-20-14-4-2-1-3-5-14/h1-9,15H,10-11H2,(H,18,19). The molecule has 2 nitrogen and oxygen atoms in total. The Labute approximate surface area is 121 Å². The lowest BCUT2D eigenvalue weighted by Gasteiger charge is -2.12. The van der Waals surface area contributed by atoms with Crippen LogP contribution in [0.5, 0.6) is 0 Å². The molecule has 0 spiro atoms. The number of thioether (sulfide) groups is 1. The smallest absolute Gasteiger partial charge is 0.311 e. The Morgan fingerprint density at radius 3 is 2.35 bits per heavy atom. The minimum absolute atomic E-state index is 0.350. The maximum absolute atomic E-state index is 12.9. The second-order valence-electron chi connectivity index (χ2n) is 4.39. The molecule has 0 bridgehead atoms. The van der Waals surface area contributed by atoms with E-state index >= 15 is 0 Å². The van der Waals surface area contributed by atoms with E-state index in [0.29, 0.717) is 17.7 Å². The van der Waals surface area contributed by atoms with E-state index in [1.807, 2.05) is 30.3 Å². The predicted molar refractivity (Wildman–Crippen MR) is 78.6 cm³/mol. The fourth-order valence-corrected chi connectivity index (χ4v) is 2.88. The molecule has 0 saturated carbocycles. The van der Waals surface area contributed by atoms with Crippen molar-refractivity contribution in [3.63, 3.8) is 0 Å². The second kappa shape index (κ2) is 7.10. The first kappa shape index (κ1) is 14.6. The molecule has 0 amide bonds. The summed E-state index contributed by atoms with van der Waals surface area (Å²) in [4.78, 5) is 12.4. The van der Waals surface area contributed by atoms with Crippen LogP contribution in [0.15, 0.2) is 59.5 Å². The van der Waals surface area contributed by atoms with Gasteiger partial charge in [0.2, 0.25) is 0 Å². The minimum atomic E-state index is -0.870. The van der Waals surface area contributed by atoms with Crippen molar-refractivity contribution in [3.05, 3.63) is 66.0 Å². The van der Waals surface area contributed by atoms with Crippen molar-refractivity contribution in [2.75, 3.05) is 5.75 Å². The van der Waals surface area contributed by atoms with E-state index in [2.05, 4.69) is 0 Å². The first-order valence-corrected chi connectivity index (χ1v) is 7.31. The van der Waals surface area contributed by atoms with Gasteiger partial charge in [-0.3, -0.25) is 4.79 Å². The first-order chi connectivity index (χ1) is 9.66. The Morgan fingerprint density at radius 1 is 1.10 bits per heavy atom. The number of carboxylic acid groups (broad SMARTS) is 1. The highest BCUT2D eigenvalue weighted by Crippen LogP contribution is 2.25. The second-order valence-corrected chi connectivity index (χ2v) is 5.56. The zero-order valence-corrected chi connectivity index (χ0v) is 11.6. The van der Waals surface area contributed by atoms with Gasteiger partial charge in [-0.1, -0.05) is 30.3 Å². The summed E-state index contributed by atoms with van der Waals surface area (Å²) in [6, 6.07) is 15.5. The predicted octanol–water partition coefficient (Wildman–Crippen LogP) is 4.18. The summed E-state index contributed by atoms with van der Waals surface area (Å²) in [6.45, 7) is 0. The molecule has 1 atom stereocenters. The molecule has 0 aromatic heterocycles. The number of hydrogen-bond acceptors (Lipinski definition) is 2. The molecule has 4 heteroatoms. The highest BCUT2D eigenvalue weighted by Gasteiger charge is 2.19. The summed E-state index contributed by atoms with van der Waals surface area (Å²) in [7, 11) is 0. The molecule has 20 heavy (non-hydrogen) atoms. The van der Waals surface area contributed by atoms with Gasteiger partial charge in [0.25, 0.3) is 0 Å². The molecule has 0 heterocycles. The van der Waals surface area contributed by atoms with Gasteiger partial charge in [0.1, 0.15) is 5.82 Å². The SMILES string of the molecule is O=C(O)C(CCSc1ccccc1)c1ccc(F)cc1. The third kappa shape index (κ3) is 4.10. The van der Waals surface area contributed by atoms with Crippen LogP contribution in [0.25, 0.3) is 0 Å². The van der Waals surface area contributed by atoms with Gasteiger partial charge in [-0.05, 0) is 42.0 Å². The molecule has 0 radical (unpaired) electrons. The maximum atomic E-state index is 12.9. The molecular formula is C16H15FO2S. The third-order valence-electron chi connectivity index (χ3n) is 2.99. The van der Waals surface area contributed by atoms with Crippen LogP contribution in [0.1, 0.15) is 17.9 Å². The lowest BCUT2D eigenvalue weighted by atomic mass is 9.97. The van der Waals surface area contributed by atoms with Crippen molar-refractivity contribution >= 4 is 17.7 Å². The Hall–Kier alpha value is -1.81. The van der Waals surface area contributed by atoms with Gasteiger partial charge in [0, 0.05) is 4.90 Å². The van der Waals surface area contributed by atoms with E-state index in [4.69, 9.17) is 0 Å². The van der Waals surface area contributed by atoms with E-state index in [0.717, 1.165) is 4.90 Å². The van der Waals surface area contributed by atoms with Crippen LogP contribution in [0.4, 0.5) is 4.39 Å². The number of aliphatic carboxylic acids is 1. The number of carboxylic acids is 1. The molecular weight excluding hydrogens is 275 g/mol. The summed E-state index contributed by atoms with van der Waals surface area (Å²) < 4.78 is 12.9. The lowest BCUT2D eigenvalue weighted by molar-refractivity contribution is -0.138. The normalized spacial score (nSPS) is 12.1. The summed E-state index contributed by atoms with van der Waals surface area (Å²) in [6.07, 6.45) is 0.514. The van der Waals surface area contributed by atoms with Crippen LogP contribution in [0.2, 0.25) is 0 Å². The molecule has 1 unspecified atom stereocenters. The molecule has 104 valence electrons. The van der Waals surface area contributed by atoms with Gasteiger partial charge in [-0.25, -0.2) is 4.39 Å². The van der Waals surface area contributed by atoms with Gasteiger partial charge in [0.05, 0.1) is 5.92 Å². The molecule has 0 fully saturated rings. The molecule has 2 aromatic rings. The molecule has 2 aromatic carbocycles. The fourth-order valence-electron chi connectivity index (χ4n) is 1.94. The molecule has 0 saturated heterocycles. The van der Waals surface area contributed by atoms with Crippen molar-refractivity contribution in [1.29, 1.82) is 0 Å². The zero-order chi connectivity index (χ0) is 14.4. The number of carbonyl (C=O) groups is 1. The largest absolute Gasteiger partial charge is 0.481 e. The zero-order valence-electron chi connectivity index (χ0n) is 10.8. The van der Waals surface area contributed by atoms with Crippen molar-refractivity contribution < 1.29 is 14.3 Å². The van der Waals surface area contributed by atoms with E-state index in [9.17, 15) is 14.3 Å². The maximum Gasteiger partial charge on any atom is 0.311 e. The highest BCUT2D eigenvalue weighted by molar-refractivity contribution is 7.99. The first-order valence-electron chi connectivity index (χ1n) is 6.33. The van der Waals surface area contributed by atoms with Gasteiger partial charge in [-0.2, -0.15) is 0 Å². The Morgan fingerprint density at radius 2 is 1.75 bits per heavy atom. The molecule has 0 aliphatic rings. The van der Waals surface area contributed by atoms with E-state index in [1.54, 1.807) is 23.9 Å². The van der Waals surface area contributed by atoms with E-state index in [1.165, 1.54) is 12.1 Å². The molecule has 0 aliphatic heterocycles. The average molecular weight is 290 g/mol. The van der Waals surface area contributed by atoms with Crippen LogP contribution in [-0.4, -0.2) is 16.8 Å². The summed E-state index contributed by atoms with van der Waals surface area (Å²) >= 11 is 1.63. The number of rotatable bonds is 6. The van der Waals surface area contributed by atoms with Crippen molar-refractivity contribution in [3.8, 4) is 0 Å². The molecule has 0 aliphatic carbocycles. The Balaban J connectivity index is 1.96. The van der Waals surface area contributed by atoms with Crippen LogP contribution in [0.3, 0.4) is 0 Å². The summed E-state index contributed by atoms with van der Waals surface area (Å²) in [5.41, 5.74) is 0.646. The van der Waals surface area contributed by atoms with Crippen molar-refractivity contribution in [1.82, 2.24) is 0 Å². The topological polar surface area (TPSA) is 37.3 Å². The third-order valence-corrected chi connectivity index (χ3v) is 4.03. The van der Waals surface area contributed by atoms with Gasteiger partial charge in [0.15, 0.2) is 0 Å². The number of benzene rings is 2. The van der Waals surface area contributed by atoms with Crippen molar-refractivity contribution in [2.45, 2.75) is 17.2 Å². The molecule has 2 rings (SSSR count). The van der Waals surface area contributed by atoms with Crippen LogP contribution < -0.4 is 0 Å². The Kier molecular flexibility index (Phi) is 5.18. The summed E-state index contributed by atoms with van der Waals surface area (Å²) in [5, 5.41) is 9.29. The quantitative estimate of drug-likeness (QED) is 0.811.